The van der Waals surface area contributed by atoms with Crippen LogP contribution in [0, 0.1) is 0 Å². The van der Waals surface area contributed by atoms with E-state index in [0.717, 1.165) is 27.9 Å². The van der Waals surface area contributed by atoms with Crippen LogP contribution in [-0.2, 0) is 17.9 Å². The van der Waals surface area contributed by atoms with E-state index in [2.05, 4.69) is 15.2 Å². The van der Waals surface area contributed by atoms with Crippen LogP contribution in [0.15, 0.2) is 149 Å². The summed E-state index contributed by atoms with van der Waals surface area (Å²) in [4.78, 5) is 32.9. The Morgan fingerprint density at radius 2 is 1.31 bits per heavy atom. The zero-order chi connectivity index (χ0) is 30.8. The monoisotopic (exact) mass is 589 g/mol. The van der Waals surface area contributed by atoms with Gasteiger partial charge in [0.2, 0.25) is 5.88 Å². The normalized spacial score (nSPS) is 13.6. The van der Waals surface area contributed by atoms with E-state index in [4.69, 9.17) is 0 Å². The zero-order valence-corrected chi connectivity index (χ0v) is 24.1. The second-order valence-corrected chi connectivity index (χ2v) is 10.7. The van der Waals surface area contributed by atoms with Gasteiger partial charge in [0.1, 0.15) is 5.71 Å². The highest BCUT2D eigenvalue weighted by atomic mass is 16.3. The van der Waals surface area contributed by atoms with Crippen LogP contribution < -0.4 is 4.90 Å². The molecule has 0 fully saturated rings. The number of aromatic hydroxyl groups is 1. The second-order valence-electron chi connectivity index (χ2n) is 10.7. The summed E-state index contributed by atoms with van der Waals surface area (Å²) in [7, 11) is 0. The Morgan fingerprint density at radius 3 is 2.04 bits per heavy atom. The first-order chi connectivity index (χ1) is 22.1. The predicted octanol–water partition coefficient (Wildman–Crippen LogP) is 7.99. The zero-order valence-electron chi connectivity index (χ0n) is 24.1. The number of nitrogens with zero attached hydrogens (tertiary/aromatic N) is 5. The highest BCUT2D eigenvalue weighted by molar-refractivity contribution is 6.54. The number of carbonyl (C=O) groups is 2. The summed E-state index contributed by atoms with van der Waals surface area (Å²) in [6, 6.07) is 41.2. The summed E-state index contributed by atoms with van der Waals surface area (Å²) >= 11 is 0. The molecule has 1 aliphatic rings. The summed E-state index contributed by atoms with van der Waals surface area (Å²) < 4.78 is 1.75. The van der Waals surface area contributed by atoms with E-state index < -0.39 is 5.91 Å². The molecule has 218 valence electrons. The number of benzene rings is 5. The fourth-order valence-corrected chi connectivity index (χ4v) is 5.55. The third-order valence-electron chi connectivity index (χ3n) is 7.78. The maximum atomic E-state index is 13.5. The Balaban J connectivity index is 1.12. The van der Waals surface area contributed by atoms with Crippen molar-refractivity contribution in [2.75, 3.05) is 4.90 Å². The molecule has 8 heteroatoms. The van der Waals surface area contributed by atoms with Crippen molar-refractivity contribution in [1.29, 1.82) is 0 Å². The Labute approximate surface area is 259 Å². The number of carbonyl (C=O) groups excluding carboxylic acids is 2. The van der Waals surface area contributed by atoms with Gasteiger partial charge in [-0.05, 0) is 47.5 Å². The number of anilines is 1. The molecular formula is C37H27N5O3. The van der Waals surface area contributed by atoms with Crippen LogP contribution in [0.4, 0.5) is 17.1 Å². The number of amides is 2. The van der Waals surface area contributed by atoms with Crippen molar-refractivity contribution in [2.24, 2.45) is 15.2 Å². The molecular weight excluding hydrogens is 562 g/mol. The minimum Gasteiger partial charge on any atom is -0.493 e. The Morgan fingerprint density at radius 1 is 0.689 bits per heavy atom. The van der Waals surface area contributed by atoms with Crippen LogP contribution in [-0.4, -0.2) is 27.2 Å². The summed E-state index contributed by atoms with van der Waals surface area (Å²) in [5.74, 6) is -0.810. The van der Waals surface area contributed by atoms with Gasteiger partial charge in [-0.25, -0.2) is 4.99 Å². The quantitative estimate of drug-likeness (QED) is 0.191. The van der Waals surface area contributed by atoms with E-state index in [9.17, 15) is 14.7 Å². The topological polar surface area (TPSA) is 99.6 Å². The lowest BCUT2D eigenvalue weighted by atomic mass is 10.1. The molecule has 2 heterocycles. The lowest BCUT2D eigenvalue weighted by molar-refractivity contribution is -0.112. The minimum atomic E-state index is -0.565. The molecule has 1 N–H and O–H groups in total. The van der Waals surface area contributed by atoms with Crippen LogP contribution in [0.3, 0.4) is 0 Å². The number of aromatic nitrogens is 1. The molecule has 1 aliphatic heterocycles. The Hall–Kier alpha value is -6.15. The number of hydrogen-bond acceptors (Lipinski definition) is 5. The van der Waals surface area contributed by atoms with Crippen LogP contribution >= 0.6 is 0 Å². The van der Waals surface area contributed by atoms with Gasteiger partial charge in [-0.15, -0.1) is 10.2 Å². The molecule has 0 unspecified atom stereocenters. The molecule has 0 atom stereocenters. The van der Waals surface area contributed by atoms with E-state index in [0.29, 0.717) is 35.4 Å². The van der Waals surface area contributed by atoms with Gasteiger partial charge in [0.25, 0.3) is 11.8 Å². The summed E-state index contributed by atoms with van der Waals surface area (Å²) in [6.07, 6.45) is 0. The summed E-state index contributed by atoms with van der Waals surface area (Å²) in [5.41, 5.74) is 5.82. The predicted molar refractivity (Wildman–Crippen MR) is 175 cm³/mol. The molecule has 7 rings (SSSR count). The number of fused-ring (bicyclic) bond motifs is 2. The van der Waals surface area contributed by atoms with E-state index in [-0.39, 0.29) is 17.5 Å². The first-order valence-corrected chi connectivity index (χ1v) is 14.5. The average Bonchev–Trinajstić information content (AvgIpc) is 3.50. The Bertz CT molecular complexity index is 2100. The van der Waals surface area contributed by atoms with Crippen molar-refractivity contribution in [3.05, 3.63) is 156 Å². The molecule has 45 heavy (non-hydrogen) atoms. The molecule has 1 aromatic heterocycles. The van der Waals surface area contributed by atoms with Crippen molar-refractivity contribution in [2.45, 2.75) is 13.1 Å². The van der Waals surface area contributed by atoms with Crippen LogP contribution in [0.25, 0.3) is 10.9 Å². The molecule has 0 bridgehead atoms. The standard InChI is InChI=1S/C37H27N5O3/c43-35(40-39-34-30-16-8-10-18-32(30)42(37(34)45)24-26-13-5-2-6-14-26)27-19-21-28(22-20-27)38-33-29-15-7-9-17-31(29)41(36(33)44)23-25-11-3-1-4-12-25/h1-22,45H,23-24H2. The molecule has 6 aromatic rings. The van der Waals surface area contributed by atoms with Gasteiger partial charge in [0.15, 0.2) is 5.69 Å². The number of para-hydroxylation sites is 2. The van der Waals surface area contributed by atoms with Gasteiger partial charge in [0, 0.05) is 16.5 Å². The second kappa shape index (κ2) is 11.9. The lowest BCUT2D eigenvalue weighted by Gasteiger charge is -2.16. The molecule has 0 radical (unpaired) electrons. The van der Waals surface area contributed by atoms with Crippen molar-refractivity contribution in [3.8, 4) is 5.88 Å². The van der Waals surface area contributed by atoms with Gasteiger partial charge in [0.05, 0.1) is 30.0 Å². The van der Waals surface area contributed by atoms with E-state index in [1.807, 2.05) is 109 Å². The first kappa shape index (κ1) is 27.7. The van der Waals surface area contributed by atoms with E-state index in [1.165, 1.54) is 0 Å². The fourth-order valence-electron chi connectivity index (χ4n) is 5.55. The average molecular weight is 590 g/mol. The van der Waals surface area contributed by atoms with Gasteiger partial charge in [-0.1, -0.05) is 97.1 Å². The molecule has 0 spiro atoms. The number of hydrogen-bond donors (Lipinski definition) is 1. The van der Waals surface area contributed by atoms with Crippen molar-refractivity contribution >= 4 is 45.5 Å². The molecule has 2 amide bonds. The number of rotatable bonds is 7. The largest absolute Gasteiger partial charge is 0.493 e. The van der Waals surface area contributed by atoms with Gasteiger partial charge >= 0.3 is 0 Å². The summed E-state index contributed by atoms with van der Waals surface area (Å²) in [6.45, 7) is 0.881. The van der Waals surface area contributed by atoms with E-state index in [1.54, 1.807) is 33.7 Å². The first-order valence-electron chi connectivity index (χ1n) is 14.5. The van der Waals surface area contributed by atoms with Gasteiger partial charge in [-0.2, -0.15) is 0 Å². The maximum Gasteiger partial charge on any atom is 0.295 e. The highest BCUT2D eigenvalue weighted by Crippen LogP contribution is 2.39. The number of aliphatic imine (C=N–C) groups is 1. The highest BCUT2D eigenvalue weighted by Gasteiger charge is 2.33. The van der Waals surface area contributed by atoms with Crippen LogP contribution in [0.2, 0.25) is 0 Å². The molecule has 0 saturated heterocycles. The Kier molecular flexibility index (Phi) is 7.29. The van der Waals surface area contributed by atoms with Crippen molar-refractivity contribution in [3.63, 3.8) is 0 Å². The molecule has 8 nitrogen and oxygen atoms in total. The lowest BCUT2D eigenvalue weighted by Crippen LogP contribution is -2.29. The maximum absolute atomic E-state index is 13.5. The fraction of sp³-hybridized carbons (Fsp3) is 0.0541. The third-order valence-corrected chi connectivity index (χ3v) is 7.78. The molecule has 0 aliphatic carbocycles. The third kappa shape index (κ3) is 5.41. The van der Waals surface area contributed by atoms with Gasteiger partial charge < -0.3 is 14.6 Å². The van der Waals surface area contributed by atoms with E-state index >= 15 is 0 Å². The van der Waals surface area contributed by atoms with Crippen LogP contribution in [0.1, 0.15) is 27.0 Å². The molecule has 5 aromatic carbocycles. The molecule has 0 saturated carbocycles. The minimum absolute atomic E-state index is 0.0643. The van der Waals surface area contributed by atoms with Crippen molar-refractivity contribution < 1.29 is 14.7 Å². The van der Waals surface area contributed by atoms with Crippen LogP contribution in [0.5, 0.6) is 5.88 Å². The smallest absolute Gasteiger partial charge is 0.295 e. The summed E-state index contributed by atoms with van der Waals surface area (Å²) in [5, 5.41) is 19.9. The van der Waals surface area contributed by atoms with Gasteiger partial charge in [-0.3, -0.25) is 9.59 Å². The van der Waals surface area contributed by atoms with Crippen molar-refractivity contribution in [1.82, 2.24) is 4.57 Å². The SMILES string of the molecule is O=C(N=Nc1c(O)n(Cc2ccccc2)c2ccccc12)c1ccc(N=C2C(=O)N(Cc3ccccc3)c3ccccc32)cc1. The number of azo groups is 1.